The van der Waals surface area contributed by atoms with E-state index in [9.17, 15) is 4.79 Å². The second kappa shape index (κ2) is 8.19. The molecular formula is C18H25ClN2O3. The van der Waals surface area contributed by atoms with Gasteiger partial charge in [0.1, 0.15) is 5.75 Å². The molecule has 5 nitrogen and oxygen atoms in total. The van der Waals surface area contributed by atoms with Crippen molar-refractivity contribution in [2.45, 2.75) is 31.3 Å². The van der Waals surface area contributed by atoms with E-state index in [1.165, 1.54) is 0 Å². The summed E-state index contributed by atoms with van der Waals surface area (Å²) in [6.45, 7) is 3.83. The summed E-state index contributed by atoms with van der Waals surface area (Å²) >= 11 is 5.93. The number of rotatable bonds is 5. The molecule has 0 radical (unpaired) electrons. The summed E-state index contributed by atoms with van der Waals surface area (Å²) in [5.74, 6) is 1.17. The van der Waals surface area contributed by atoms with Crippen LogP contribution >= 0.6 is 11.6 Å². The summed E-state index contributed by atoms with van der Waals surface area (Å²) in [4.78, 5) is 12.9. The van der Waals surface area contributed by atoms with Crippen LogP contribution in [0.1, 0.15) is 25.7 Å². The lowest BCUT2D eigenvalue weighted by Crippen LogP contribution is -2.57. The summed E-state index contributed by atoms with van der Waals surface area (Å²) < 4.78 is 11.5. The van der Waals surface area contributed by atoms with Gasteiger partial charge in [-0.2, -0.15) is 0 Å². The summed E-state index contributed by atoms with van der Waals surface area (Å²) in [6.07, 6.45) is 3.34. The number of benzene rings is 1. The molecule has 0 atom stereocenters. The second-order valence-corrected chi connectivity index (χ2v) is 7.00. The van der Waals surface area contributed by atoms with E-state index in [1.54, 1.807) is 12.1 Å². The second-order valence-electron chi connectivity index (χ2n) is 6.57. The molecule has 24 heavy (non-hydrogen) atoms. The van der Waals surface area contributed by atoms with Gasteiger partial charge in [-0.05, 0) is 56.1 Å². The molecule has 1 aromatic carbocycles. The number of piperidine rings is 1. The number of amides is 1. The maximum atomic E-state index is 12.9. The van der Waals surface area contributed by atoms with Gasteiger partial charge in [0.15, 0.2) is 5.60 Å². The third-order valence-corrected chi connectivity index (χ3v) is 5.10. The molecule has 0 aliphatic carbocycles. The van der Waals surface area contributed by atoms with Crippen LogP contribution in [0.3, 0.4) is 0 Å². The van der Waals surface area contributed by atoms with Gasteiger partial charge < -0.3 is 20.1 Å². The van der Waals surface area contributed by atoms with Crippen molar-refractivity contribution in [1.82, 2.24) is 10.6 Å². The van der Waals surface area contributed by atoms with Crippen LogP contribution in [-0.4, -0.2) is 44.4 Å². The molecule has 1 amide bonds. The SMILES string of the molecule is O=C(NCC1CCOCC1)C1(Oc2ccc(Cl)cc2)CCNCC1. The molecule has 2 N–H and O–H groups in total. The first-order valence-electron chi connectivity index (χ1n) is 8.69. The molecule has 2 aliphatic heterocycles. The molecule has 0 spiro atoms. The van der Waals surface area contributed by atoms with Crippen molar-refractivity contribution in [2.75, 3.05) is 32.8 Å². The molecule has 132 valence electrons. The van der Waals surface area contributed by atoms with Crippen LogP contribution < -0.4 is 15.4 Å². The van der Waals surface area contributed by atoms with Crippen molar-refractivity contribution in [2.24, 2.45) is 5.92 Å². The highest BCUT2D eigenvalue weighted by Crippen LogP contribution is 2.28. The van der Waals surface area contributed by atoms with Crippen molar-refractivity contribution < 1.29 is 14.3 Å². The number of nitrogens with one attached hydrogen (secondary N) is 2. The average molecular weight is 353 g/mol. The van der Waals surface area contributed by atoms with Crippen LogP contribution in [0.2, 0.25) is 5.02 Å². The van der Waals surface area contributed by atoms with Crippen LogP contribution in [0.4, 0.5) is 0 Å². The molecule has 3 rings (SSSR count). The van der Waals surface area contributed by atoms with E-state index < -0.39 is 5.60 Å². The number of hydrogen-bond donors (Lipinski definition) is 2. The smallest absolute Gasteiger partial charge is 0.264 e. The summed E-state index contributed by atoms with van der Waals surface area (Å²) in [6, 6.07) is 7.20. The number of carbonyl (C=O) groups excluding carboxylic acids is 1. The van der Waals surface area contributed by atoms with Gasteiger partial charge in [-0.15, -0.1) is 0 Å². The van der Waals surface area contributed by atoms with Crippen LogP contribution in [-0.2, 0) is 9.53 Å². The quantitative estimate of drug-likeness (QED) is 0.854. The fraction of sp³-hybridized carbons (Fsp3) is 0.611. The monoisotopic (exact) mass is 352 g/mol. The molecule has 1 aromatic rings. The summed E-state index contributed by atoms with van der Waals surface area (Å²) in [5.41, 5.74) is -0.801. The predicted octanol–water partition coefficient (Wildman–Crippen LogP) is 2.38. The van der Waals surface area contributed by atoms with Crippen molar-refractivity contribution in [1.29, 1.82) is 0 Å². The van der Waals surface area contributed by atoms with E-state index in [2.05, 4.69) is 10.6 Å². The molecule has 0 unspecified atom stereocenters. The lowest BCUT2D eigenvalue weighted by atomic mass is 9.90. The maximum Gasteiger partial charge on any atom is 0.264 e. The predicted molar refractivity (Wildman–Crippen MR) is 93.5 cm³/mol. The molecule has 0 aromatic heterocycles. The fourth-order valence-corrected chi connectivity index (χ4v) is 3.41. The fourth-order valence-electron chi connectivity index (χ4n) is 3.28. The summed E-state index contributed by atoms with van der Waals surface area (Å²) in [7, 11) is 0. The zero-order valence-electron chi connectivity index (χ0n) is 13.9. The molecular weight excluding hydrogens is 328 g/mol. The molecule has 2 heterocycles. The molecule has 6 heteroatoms. The van der Waals surface area contributed by atoms with Gasteiger partial charge in [-0.1, -0.05) is 11.6 Å². The van der Waals surface area contributed by atoms with Gasteiger partial charge in [0.05, 0.1) is 0 Å². The Morgan fingerprint density at radius 1 is 1.25 bits per heavy atom. The Labute approximate surface area is 148 Å². The Morgan fingerprint density at radius 2 is 1.92 bits per heavy atom. The molecule has 2 aliphatic rings. The van der Waals surface area contributed by atoms with Gasteiger partial charge >= 0.3 is 0 Å². The number of halogens is 1. The van der Waals surface area contributed by atoms with Crippen molar-refractivity contribution in [3.63, 3.8) is 0 Å². The van der Waals surface area contributed by atoms with Gasteiger partial charge in [0, 0.05) is 37.6 Å². The van der Waals surface area contributed by atoms with E-state index in [4.69, 9.17) is 21.1 Å². The standard InChI is InChI=1S/C18H25ClN2O3/c19-15-1-3-16(4-2-15)24-18(7-9-20-10-8-18)17(22)21-13-14-5-11-23-12-6-14/h1-4,14,20H,5-13H2,(H,21,22). The zero-order chi connectivity index (χ0) is 16.8. The highest BCUT2D eigenvalue weighted by Gasteiger charge is 2.42. The van der Waals surface area contributed by atoms with Gasteiger partial charge in [0.2, 0.25) is 0 Å². The third-order valence-electron chi connectivity index (χ3n) is 4.84. The van der Waals surface area contributed by atoms with E-state index >= 15 is 0 Å². The molecule has 0 saturated carbocycles. The van der Waals surface area contributed by atoms with Crippen molar-refractivity contribution in [3.05, 3.63) is 29.3 Å². The van der Waals surface area contributed by atoms with E-state index in [1.807, 2.05) is 12.1 Å². The van der Waals surface area contributed by atoms with Gasteiger partial charge in [-0.25, -0.2) is 0 Å². The highest BCUT2D eigenvalue weighted by molar-refractivity contribution is 6.30. The van der Waals surface area contributed by atoms with Crippen LogP contribution in [0, 0.1) is 5.92 Å². The minimum Gasteiger partial charge on any atom is -0.477 e. The molecule has 2 saturated heterocycles. The highest BCUT2D eigenvalue weighted by atomic mass is 35.5. The Bertz CT molecular complexity index is 538. The van der Waals surface area contributed by atoms with E-state index in [-0.39, 0.29) is 5.91 Å². The number of carbonyl (C=O) groups is 1. The van der Waals surface area contributed by atoms with Crippen LogP contribution in [0.5, 0.6) is 5.75 Å². The maximum absolute atomic E-state index is 12.9. The lowest BCUT2D eigenvalue weighted by molar-refractivity contribution is -0.139. The topological polar surface area (TPSA) is 59.6 Å². The van der Waals surface area contributed by atoms with E-state index in [0.29, 0.717) is 36.1 Å². The number of ether oxygens (including phenoxy) is 2. The van der Waals surface area contributed by atoms with Crippen LogP contribution in [0.15, 0.2) is 24.3 Å². The zero-order valence-corrected chi connectivity index (χ0v) is 14.6. The normalized spacial score (nSPS) is 21.2. The minimum absolute atomic E-state index is 0.00885. The largest absolute Gasteiger partial charge is 0.477 e. The first-order valence-corrected chi connectivity index (χ1v) is 9.07. The molecule has 2 fully saturated rings. The average Bonchev–Trinajstić information content (AvgIpc) is 2.63. The van der Waals surface area contributed by atoms with Crippen molar-refractivity contribution >= 4 is 17.5 Å². The Kier molecular flexibility index (Phi) is 5.98. The number of hydrogen-bond acceptors (Lipinski definition) is 4. The molecule has 0 bridgehead atoms. The summed E-state index contributed by atoms with van der Waals surface area (Å²) in [5, 5.41) is 7.08. The van der Waals surface area contributed by atoms with Crippen molar-refractivity contribution in [3.8, 4) is 5.75 Å². The van der Waals surface area contributed by atoms with Gasteiger partial charge in [-0.3, -0.25) is 4.79 Å². The van der Waals surface area contributed by atoms with Crippen LogP contribution in [0.25, 0.3) is 0 Å². The third kappa shape index (κ3) is 4.41. The first-order chi connectivity index (χ1) is 11.7. The van der Waals surface area contributed by atoms with Gasteiger partial charge in [0.25, 0.3) is 5.91 Å². The Morgan fingerprint density at radius 3 is 2.58 bits per heavy atom. The van der Waals surface area contributed by atoms with E-state index in [0.717, 1.165) is 39.1 Å². The minimum atomic E-state index is -0.801. The first kappa shape index (κ1) is 17.5. The Hall–Kier alpha value is -1.30. The Balaban J connectivity index is 1.65. The lowest BCUT2D eigenvalue weighted by Gasteiger charge is -2.37.